The molecule has 15 heavy (non-hydrogen) atoms. The average Bonchev–Trinajstić information content (AvgIpc) is 2.19. The van der Waals surface area contributed by atoms with Crippen LogP contribution < -0.4 is 0 Å². The van der Waals surface area contributed by atoms with Gasteiger partial charge in [-0.25, -0.2) is 0 Å². The molecule has 0 aliphatic rings. The van der Waals surface area contributed by atoms with Crippen molar-refractivity contribution in [2.75, 3.05) is 6.61 Å². The zero-order chi connectivity index (χ0) is 11.5. The van der Waals surface area contributed by atoms with Crippen LogP contribution in [-0.4, -0.2) is 11.7 Å². The van der Waals surface area contributed by atoms with Crippen molar-refractivity contribution >= 4 is 0 Å². The maximum atomic E-state index is 12.2. The summed E-state index contributed by atoms with van der Waals surface area (Å²) >= 11 is 0. The number of benzene rings is 1. The minimum atomic E-state index is -4.36. The molecular weight excluding hydrogens is 209 g/mol. The Morgan fingerprint density at radius 1 is 1.27 bits per heavy atom. The molecule has 1 rings (SSSR count). The average molecular weight is 218 g/mol. The van der Waals surface area contributed by atoms with E-state index in [9.17, 15) is 13.2 Å². The summed E-state index contributed by atoms with van der Waals surface area (Å²) in [5.74, 6) is 0. The topological polar surface area (TPSA) is 29.5 Å². The molecule has 1 aromatic rings. The van der Waals surface area contributed by atoms with Gasteiger partial charge < -0.3 is 9.84 Å². The van der Waals surface area contributed by atoms with Crippen molar-refractivity contribution in [2.45, 2.75) is 12.3 Å². The van der Waals surface area contributed by atoms with Gasteiger partial charge in [0.15, 0.2) is 0 Å². The first-order valence-corrected chi connectivity index (χ1v) is 4.12. The lowest BCUT2D eigenvalue weighted by atomic mass is 10.1. The summed E-state index contributed by atoms with van der Waals surface area (Å²) < 4.78 is 40.9. The van der Waals surface area contributed by atoms with E-state index in [2.05, 4.69) is 4.74 Å². The first-order valence-electron chi connectivity index (χ1n) is 4.12. The smallest absolute Gasteiger partial charge is 0.393 e. The molecule has 2 nitrogen and oxygen atoms in total. The summed E-state index contributed by atoms with van der Waals surface area (Å²) in [4.78, 5) is 0. The van der Waals surface area contributed by atoms with Gasteiger partial charge in [-0.15, -0.1) is 0 Å². The van der Waals surface area contributed by atoms with Crippen LogP contribution in [0.25, 0.3) is 0 Å². The van der Waals surface area contributed by atoms with Crippen molar-refractivity contribution < 1.29 is 23.0 Å². The Morgan fingerprint density at radius 2 is 1.80 bits per heavy atom. The number of rotatable bonds is 3. The quantitative estimate of drug-likeness (QED) is 0.844. The van der Waals surface area contributed by atoms with Crippen LogP contribution >= 0.6 is 0 Å². The van der Waals surface area contributed by atoms with Crippen LogP contribution in [-0.2, 0) is 10.9 Å². The third-order valence-electron chi connectivity index (χ3n) is 1.94. The molecule has 0 bridgehead atoms. The largest absolute Gasteiger partial charge is 0.416 e. The van der Waals surface area contributed by atoms with Crippen molar-refractivity contribution in [3.05, 3.63) is 42.5 Å². The first kappa shape index (κ1) is 12.0. The number of ether oxygens (including phenoxy) is 1. The molecule has 0 spiro atoms. The Balaban J connectivity index is 2.89. The van der Waals surface area contributed by atoms with E-state index in [4.69, 9.17) is 12.2 Å². The van der Waals surface area contributed by atoms with Crippen LogP contribution in [0.5, 0.6) is 0 Å². The molecule has 0 saturated carbocycles. The molecule has 1 unspecified atom stereocenters. The lowest BCUT2D eigenvalue weighted by Gasteiger charge is -2.13. The molecule has 0 aromatic heterocycles. The van der Waals surface area contributed by atoms with Gasteiger partial charge in [0.05, 0.1) is 12.2 Å². The summed E-state index contributed by atoms with van der Waals surface area (Å²) in [6.07, 6.45) is -5.16. The second-order valence-electron chi connectivity index (χ2n) is 2.93. The lowest BCUT2D eigenvalue weighted by Crippen LogP contribution is -2.08. The molecule has 0 fully saturated rings. The third kappa shape index (κ3) is 2.94. The zero-order valence-corrected chi connectivity index (χ0v) is 7.66. The van der Waals surface area contributed by atoms with Gasteiger partial charge in [-0.3, -0.25) is 0 Å². The monoisotopic (exact) mass is 218 g/mol. The van der Waals surface area contributed by atoms with E-state index in [0.29, 0.717) is 5.56 Å². The Hall–Kier alpha value is -1.07. The van der Waals surface area contributed by atoms with Gasteiger partial charge in [-0.2, -0.15) is 13.2 Å². The van der Waals surface area contributed by atoms with E-state index in [1.165, 1.54) is 12.1 Å². The summed E-state index contributed by atoms with van der Waals surface area (Å²) in [5.41, 5.74) is -0.354. The Kier molecular flexibility index (Phi) is 3.71. The number of halogens is 3. The Morgan fingerprint density at radius 3 is 2.13 bits per heavy atom. The summed E-state index contributed by atoms with van der Waals surface area (Å²) in [6.45, 7) is -0.387. The number of aliphatic hydroxyl groups is 1. The fraction of sp³-hybridized carbons (Fsp3) is 0.300. The third-order valence-corrected chi connectivity index (χ3v) is 1.94. The van der Waals surface area contributed by atoms with E-state index in [1.54, 1.807) is 0 Å². The van der Waals surface area contributed by atoms with Crippen molar-refractivity contribution in [3.63, 3.8) is 0 Å². The van der Waals surface area contributed by atoms with Crippen LogP contribution in [0.1, 0.15) is 17.2 Å². The maximum Gasteiger partial charge on any atom is 0.416 e. The van der Waals surface area contributed by atoms with Gasteiger partial charge in [0.2, 0.25) is 0 Å². The van der Waals surface area contributed by atoms with E-state index in [1.807, 2.05) is 0 Å². The van der Waals surface area contributed by atoms with Gasteiger partial charge in [0.25, 0.3) is 0 Å². The normalized spacial score (nSPS) is 13.9. The fourth-order valence-electron chi connectivity index (χ4n) is 1.11. The molecule has 0 heterocycles. The number of hydrogen-bond donors (Lipinski definition) is 1. The van der Waals surface area contributed by atoms with E-state index in [0.717, 1.165) is 12.1 Å². The van der Waals surface area contributed by atoms with Gasteiger partial charge in [0.1, 0.15) is 13.2 Å². The van der Waals surface area contributed by atoms with Crippen LogP contribution in [0.3, 0.4) is 0 Å². The molecule has 0 amide bonds. The second-order valence-corrected chi connectivity index (χ2v) is 2.93. The molecule has 82 valence electrons. The highest BCUT2D eigenvalue weighted by Crippen LogP contribution is 2.30. The molecule has 1 N–H and O–H groups in total. The predicted molar refractivity (Wildman–Crippen MR) is 46.7 cm³/mol. The van der Waals surface area contributed by atoms with Crippen LogP contribution in [0.2, 0.25) is 0 Å². The van der Waals surface area contributed by atoms with Gasteiger partial charge in [-0.1, -0.05) is 12.1 Å². The molecule has 1 aromatic carbocycles. The van der Waals surface area contributed by atoms with E-state index in [-0.39, 0.29) is 6.61 Å². The lowest BCUT2D eigenvalue weighted by molar-refractivity contribution is -0.137. The predicted octanol–water partition coefficient (Wildman–Crippen LogP) is 2.42. The molecule has 0 saturated heterocycles. The Bertz CT molecular complexity index is 301. The summed E-state index contributed by atoms with van der Waals surface area (Å²) in [5, 5.41) is 8.78. The van der Waals surface area contributed by atoms with Crippen LogP contribution in [0.4, 0.5) is 13.2 Å². The Labute approximate surface area is 85.3 Å². The van der Waals surface area contributed by atoms with Crippen molar-refractivity contribution in [2.24, 2.45) is 0 Å². The van der Waals surface area contributed by atoms with Gasteiger partial charge in [-0.05, 0) is 17.7 Å². The molecule has 2 radical (unpaired) electrons. The molecular formula is C10H9F3O2. The molecule has 0 aliphatic carbocycles. The minimum absolute atomic E-state index is 0.387. The summed E-state index contributed by atoms with van der Waals surface area (Å²) in [7, 11) is 4.86. The van der Waals surface area contributed by atoms with Crippen molar-refractivity contribution in [3.8, 4) is 0 Å². The molecule has 1 atom stereocenters. The van der Waals surface area contributed by atoms with Crippen LogP contribution in [0.15, 0.2) is 24.3 Å². The highest BCUT2D eigenvalue weighted by molar-refractivity contribution is 5.26. The number of alkyl halides is 3. The first-order chi connectivity index (χ1) is 6.99. The zero-order valence-electron chi connectivity index (χ0n) is 7.66. The highest BCUT2D eigenvalue weighted by atomic mass is 19.4. The second kappa shape index (κ2) is 4.63. The number of hydrogen-bond acceptors (Lipinski definition) is 2. The standard InChI is InChI=1S/C10H9F3O2/c1-15-9(6-14)7-2-4-8(5-3-7)10(11,12)13/h1-5,9,14H,6H2. The van der Waals surface area contributed by atoms with Gasteiger partial charge in [0, 0.05) is 0 Å². The summed E-state index contributed by atoms with van der Waals surface area (Å²) in [6, 6.07) is 4.27. The van der Waals surface area contributed by atoms with E-state index >= 15 is 0 Å². The minimum Gasteiger partial charge on any atom is -0.393 e. The van der Waals surface area contributed by atoms with Gasteiger partial charge >= 0.3 is 6.18 Å². The number of aliphatic hydroxyl groups excluding tert-OH is 1. The molecule has 5 heteroatoms. The van der Waals surface area contributed by atoms with Crippen molar-refractivity contribution in [1.82, 2.24) is 0 Å². The SMILES string of the molecule is [CH]OC(CO)c1ccc(C(F)(F)F)cc1. The molecule has 0 aliphatic heterocycles. The van der Waals surface area contributed by atoms with E-state index < -0.39 is 17.8 Å². The maximum absolute atomic E-state index is 12.2. The highest BCUT2D eigenvalue weighted by Gasteiger charge is 2.30. The fourth-order valence-corrected chi connectivity index (χ4v) is 1.11. The van der Waals surface area contributed by atoms with Crippen LogP contribution in [0, 0.1) is 7.11 Å². The van der Waals surface area contributed by atoms with Crippen molar-refractivity contribution in [1.29, 1.82) is 0 Å².